The van der Waals surface area contributed by atoms with Crippen molar-refractivity contribution in [1.82, 2.24) is 5.32 Å². The average Bonchev–Trinajstić information content (AvgIpc) is 2.37. The van der Waals surface area contributed by atoms with Gasteiger partial charge in [0.05, 0.1) is 0 Å². The fourth-order valence-electron chi connectivity index (χ4n) is 3.28. The van der Waals surface area contributed by atoms with Gasteiger partial charge in [-0.05, 0) is 42.4 Å². The zero-order valence-corrected chi connectivity index (χ0v) is 15.2. The lowest BCUT2D eigenvalue weighted by atomic mass is 9.69. The normalized spacial score (nSPS) is 22.9. The molecule has 1 aliphatic rings. The van der Waals surface area contributed by atoms with Crippen LogP contribution in [0.4, 0.5) is 0 Å². The van der Waals surface area contributed by atoms with E-state index < -0.39 is 0 Å². The fraction of sp³-hybridized carbons (Fsp3) is 0.588. The fourth-order valence-corrected chi connectivity index (χ4v) is 4.14. The molecule has 1 aliphatic carbocycles. The lowest BCUT2D eigenvalue weighted by molar-refractivity contribution is 0.0830. The van der Waals surface area contributed by atoms with Crippen LogP contribution < -0.4 is 5.32 Å². The van der Waals surface area contributed by atoms with Gasteiger partial charge in [-0.2, -0.15) is 0 Å². The first-order valence-electron chi connectivity index (χ1n) is 7.54. The number of benzene rings is 1. The predicted molar refractivity (Wildman–Crippen MR) is 91.8 cm³/mol. The van der Waals surface area contributed by atoms with Gasteiger partial charge in [-0.25, -0.2) is 0 Å². The van der Waals surface area contributed by atoms with Crippen LogP contribution in [-0.2, 0) is 0 Å². The topological polar surface area (TPSA) is 29.1 Å². The molecule has 21 heavy (non-hydrogen) atoms. The molecule has 1 amide bonds. The van der Waals surface area contributed by atoms with Crippen molar-refractivity contribution >= 4 is 33.4 Å². The van der Waals surface area contributed by atoms with Gasteiger partial charge in [-0.1, -0.05) is 61.1 Å². The molecule has 0 saturated heterocycles. The van der Waals surface area contributed by atoms with Gasteiger partial charge in [0, 0.05) is 21.1 Å². The SMILES string of the molecule is CC(C)(C)C1CCCCC1NC(=O)c1cc(Cl)cc(Br)c1. The molecule has 2 unspecified atom stereocenters. The van der Waals surface area contributed by atoms with Crippen LogP contribution in [0.15, 0.2) is 22.7 Å². The lowest BCUT2D eigenvalue weighted by Crippen LogP contribution is -2.46. The highest BCUT2D eigenvalue weighted by Gasteiger charge is 2.35. The van der Waals surface area contributed by atoms with E-state index in [1.165, 1.54) is 19.3 Å². The summed E-state index contributed by atoms with van der Waals surface area (Å²) in [6.45, 7) is 6.79. The Balaban J connectivity index is 2.13. The van der Waals surface area contributed by atoms with Gasteiger partial charge in [0.15, 0.2) is 0 Å². The number of amides is 1. The van der Waals surface area contributed by atoms with E-state index in [0.29, 0.717) is 16.5 Å². The molecule has 0 spiro atoms. The molecule has 2 atom stereocenters. The Morgan fingerprint density at radius 1 is 1.24 bits per heavy atom. The molecule has 1 fully saturated rings. The van der Waals surface area contributed by atoms with E-state index in [-0.39, 0.29) is 17.4 Å². The average molecular weight is 373 g/mol. The van der Waals surface area contributed by atoms with Gasteiger partial charge in [0.25, 0.3) is 5.91 Å². The minimum atomic E-state index is -0.0284. The van der Waals surface area contributed by atoms with Crippen molar-refractivity contribution in [3.63, 3.8) is 0 Å². The second-order valence-corrected chi connectivity index (χ2v) is 8.35. The molecule has 0 aliphatic heterocycles. The standard InChI is InChI=1S/C17H23BrClNO/c1-17(2,3)14-6-4-5-7-15(14)20-16(21)11-8-12(18)10-13(19)9-11/h8-10,14-15H,4-7H2,1-3H3,(H,20,21). The number of halogens is 2. The third kappa shape index (κ3) is 4.46. The molecule has 0 radical (unpaired) electrons. The number of hydrogen-bond donors (Lipinski definition) is 1. The maximum Gasteiger partial charge on any atom is 0.251 e. The quantitative estimate of drug-likeness (QED) is 0.736. The summed E-state index contributed by atoms with van der Waals surface area (Å²) in [5.41, 5.74) is 0.834. The summed E-state index contributed by atoms with van der Waals surface area (Å²) in [4.78, 5) is 12.5. The van der Waals surface area contributed by atoms with Crippen LogP contribution in [-0.4, -0.2) is 11.9 Å². The molecular weight excluding hydrogens is 350 g/mol. The molecular formula is C17H23BrClNO. The van der Waals surface area contributed by atoms with E-state index in [0.717, 1.165) is 10.9 Å². The lowest BCUT2D eigenvalue weighted by Gasteiger charge is -2.40. The predicted octanol–water partition coefficient (Wildman–Crippen LogP) is 5.44. The maximum atomic E-state index is 12.5. The largest absolute Gasteiger partial charge is 0.349 e. The number of hydrogen-bond acceptors (Lipinski definition) is 1. The van der Waals surface area contributed by atoms with E-state index in [2.05, 4.69) is 42.0 Å². The van der Waals surface area contributed by atoms with Crippen LogP contribution in [0.1, 0.15) is 56.8 Å². The summed E-state index contributed by atoms with van der Waals surface area (Å²) in [7, 11) is 0. The molecule has 1 N–H and O–H groups in total. The molecule has 0 heterocycles. The van der Waals surface area contributed by atoms with E-state index in [4.69, 9.17) is 11.6 Å². The minimum absolute atomic E-state index is 0.0284. The molecule has 1 aromatic rings. The Kier molecular flexibility index (Phi) is 5.37. The molecule has 2 nitrogen and oxygen atoms in total. The summed E-state index contributed by atoms with van der Waals surface area (Å²) in [5.74, 6) is 0.497. The first-order chi connectivity index (χ1) is 9.77. The van der Waals surface area contributed by atoms with E-state index in [1.807, 2.05) is 6.07 Å². The molecule has 4 heteroatoms. The van der Waals surface area contributed by atoms with E-state index in [1.54, 1.807) is 12.1 Å². The molecule has 2 rings (SSSR count). The summed E-state index contributed by atoms with van der Waals surface area (Å²) >= 11 is 9.41. The van der Waals surface area contributed by atoms with Crippen molar-refractivity contribution in [2.75, 3.05) is 0 Å². The molecule has 1 aromatic carbocycles. The van der Waals surface area contributed by atoms with Crippen molar-refractivity contribution in [2.24, 2.45) is 11.3 Å². The Morgan fingerprint density at radius 3 is 2.52 bits per heavy atom. The minimum Gasteiger partial charge on any atom is -0.349 e. The maximum absolute atomic E-state index is 12.5. The van der Waals surface area contributed by atoms with Crippen molar-refractivity contribution in [3.8, 4) is 0 Å². The van der Waals surface area contributed by atoms with Crippen molar-refractivity contribution in [3.05, 3.63) is 33.3 Å². The Labute approximate surface area is 140 Å². The summed E-state index contributed by atoms with van der Waals surface area (Å²) in [6, 6.07) is 5.58. The van der Waals surface area contributed by atoms with E-state index >= 15 is 0 Å². The highest BCUT2D eigenvalue weighted by atomic mass is 79.9. The first-order valence-corrected chi connectivity index (χ1v) is 8.71. The van der Waals surface area contributed by atoms with Crippen LogP contribution in [0.5, 0.6) is 0 Å². The second kappa shape index (κ2) is 6.70. The molecule has 0 aromatic heterocycles. The van der Waals surface area contributed by atoms with Gasteiger partial charge >= 0.3 is 0 Å². The molecule has 116 valence electrons. The molecule has 1 saturated carbocycles. The van der Waals surface area contributed by atoms with E-state index in [9.17, 15) is 4.79 Å². The number of carbonyl (C=O) groups excluding carboxylic acids is 1. The Bertz CT molecular complexity index is 504. The summed E-state index contributed by atoms with van der Waals surface area (Å²) in [5, 5.41) is 3.80. The van der Waals surface area contributed by atoms with Gasteiger partial charge in [0.2, 0.25) is 0 Å². The van der Waals surface area contributed by atoms with Crippen LogP contribution in [0.3, 0.4) is 0 Å². The van der Waals surface area contributed by atoms with Crippen LogP contribution in [0.25, 0.3) is 0 Å². The zero-order chi connectivity index (χ0) is 15.6. The third-order valence-corrected chi connectivity index (χ3v) is 5.00. The van der Waals surface area contributed by atoms with Crippen molar-refractivity contribution < 1.29 is 4.79 Å². The van der Waals surface area contributed by atoms with Crippen molar-refractivity contribution in [2.45, 2.75) is 52.5 Å². The number of rotatable bonds is 2. The third-order valence-electron chi connectivity index (χ3n) is 4.32. The monoisotopic (exact) mass is 371 g/mol. The number of carbonyl (C=O) groups is 1. The smallest absolute Gasteiger partial charge is 0.251 e. The molecule has 0 bridgehead atoms. The highest BCUT2D eigenvalue weighted by molar-refractivity contribution is 9.10. The van der Waals surface area contributed by atoms with Crippen LogP contribution >= 0.6 is 27.5 Å². The Hall–Kier alpha value is -0.540. The number of nitrogens with one attached hydrogen (secondary N) is 1. The summed E-state index contributed by atoms with van der Waals surface area (Å²) < 4.78 is 0.830. The van der Waals surface area contributed by atoms with Gasteiger partial charge < -0.3 is 5.32 Å². The van der Waals surface area contributed by atoms with Crippen molar-refractivity contribution in [1.29, 1.82) is 0 Å². The first kappa shape index (κ1) is 16.8. The van der Waals surface area contributed by atoms with Gasteiger partial charge in [-0.3, -0.25) is 4.79 Å². The van der Waals surface area contributed by atoms with Gasteiger partial charge in [-0.15, -0.1) is 0 Å². The van der Waals surface area contributed by atoms with Crippen LogP contribution in [0, 0.1) is 11.3 Å². The Morgan fingerprint density at radius 2 is 1.90 bits per heavy atom. The van der Waals surface area contributed by atoms with Crippen LogP contribution in [0.2, 0.25) is 5.02 Å². The highest BCUT2D eigenvalue weighted by Crippen LogP contribution is 2.38. The zero-order valence-electron chi connectivity index (χ0n) is 12.9. The second-order valence-electron chi connectivity index (χ2n) is 7.00. The van der Waals surface area contributed by atoms with Gasteiger partial charge in [0.1, 0.15) is 0 Å². The summed E-state index contributed by atoms with van der Waals surface area (Å²) in [6.07, 6.45) is 4.71.